The number of halogens is 3. The van der Waals surface area contributed by atoms with E-state index in [0.717, 1.165) is 31.5 Å². The van der Waals surface area contributed by atoms with Gasteiger partial charge in [-0.05, 0) is 61.7 Å². The molecule has 0 spiro atoms. The normalized spacial score (nSPS) is 11.6. The molecule has 190 valence electrons. The van der Waals surface area contributed by atoms with Gasteiger partial charge in [0.05, 0.1) is 6.54 Å². The molecule has 0 aliphatic heterocycles. The molecular formula is C25H27F3N6O2. The predicted molar refractivity (Wildman–Crippen MR) is 129 cm³/mol. The summed E-state index contributed by atoms with van der Waals surface area (Å²) in [7, 11) is 0. The maximum Gasteiger partial charge on any atom is 0.573 e. The molecule has 0 saturated heterocycles. The van der Waals surface area contributed by atoms with Crippen molar-refractivity contribution in [1.29, 1.82) is 0 Å². The van der Waals surface area contributed by atoms with Crippen molar-refractivity contribution >= 4 is 5.69 Å². The molecule has 4 aromatic rings. The summed E-state index contributed by atoms with van der Waals surface area (Å²) >= 11 is 0. The fourth-order valence-electron chi connectivity index (χ4n) is 3.83. The Hall–Kier alpha value is -3.89. The van der Waals surface area contributed by atoms with Crippen molar-refractivity contribution in [2.24, 2.45) is 0 Å². The van der Waals surface area contributed by atoms with E-state index < -0.39 is 6.36 Å². The van der Waals surface area contributed by atoms with Crippen LogP contribution < -0.4 is 9.64 Å². The second-order valence-corrected chi connectivity index (χ2v) is 8.29. The summed E-state index contributed by atoms with van der Waals surface area (Å²) < 4.78 is 48.1. The summed E-state index contributed by atoms with van der Waals surface area (Å²) in [6.07, 6.45) is -2.60. The molecule has 2 aromatic heterocycles. The van der Waals surface area contributed by atoms with E-state index in [1.54, 1.807) is 4.68 Å². The Balaban J connectivity index is 1.49. The van der Waals surface area contributed by atoms with Gasteiger partial charge in [0, 0.05) is 24.3 Å². The van der Waals surface area contributed by atoms with Crippen LogP contribution in [0.5, 0.6) is 5.75 Å². The lowest BCUT2D eigenvalue weighted by atomic mass is 10.1. The lowest BCUT2D eigenvalue weighted by Crippen LogP contribution is -2.24. The van der Waals surface area contributed by atoms with Gasteiger partial charge in [0.25, 0.3) is 5.89 Å². The van der Waals surface area contributed by atoms with E-state index in [0.29, 0.717) is 17.9 Å². The van der Waals surface area contributed by atoms with Crippen molar-refractivity contribution < 1.29 is 22.4 Å². The largest absolute Gasteiger partial charge is 0.573 e. The number of rotatable bonds is 10. The highest BCUT2D eigenvalue weighted by molar-refractivity contribution is 5.58. The van der Waals surface area contributed by atoms with Gasteiger partial charge in [-0.2, -0.15) is 4.98 Å². The van der Waals surface area contributed by atoms with Crippen LogP contribution in [-0.2, 0) is 6.54 Å². The second-order valence-electron chi connectivity index (χ2n) is 8.29. The molecule has 0 saturated carbocycles. The van der Waals surface area contributed by atoms with Crippen molar-refractivity contribution in [2.75, 3.05) is 18.0 Å². The van der Waals surface area contributed by atoms with Crippen molar-refractivity contribution in [2.45, 2.75) is 46.5 Å². The first-order valence-electron chi connectivity index (χ1n) is 11.7. The molecular weight excluding hydrogens is 473 g/mol. The fraction of sp³-hybridized carbons (Fsp3) is 0.360. The van der Waals surface area contributed by atoms with Crippen LogP contribution in [0.4, 0.5) is 18.9 Å². The van der Waals surface area contributed by atoms with Crippen LogP contribution in [0.15, 0.2) is 53.1 Å². The third-order valence-electron chi connectivity index (χ3n) is 5.42. The summed E-state index contributed by atoms with van der Waals surface area (Å²) in [4.78, 5) is 11.1. The number of ether oxygens (including phenoxy) is 1. The first kappa shape index (κ1) is 25.2. The van der Waals surface area contributed by atoms with Crippen LogP contribution in [-0.4, -0.2) is 44.4 Å². The quantitative estimate of drug-likeness (QED) is 0.269. The zero-order chi connectivity index (χ0) is 25.7. The number of aryl methyl sites for hydroxylation is 1. The number of hydrogen-bond donors (Lipinski definition) is 0. The maximum atomic E-state index is 12.4. The van der Waals surface area contributed by atoms with E-state index >= 15 is 0 Å². The lowest BCUT2D eigenvalue weighted by molar-refractivity contribution is -0.274. The number of alkyl halides is 3. The molecule has 4 rings (SSSR count). The van der Waals surface area contributed by atoms with Crippen LogP contribution in [0, 0.1) is 6.92 Å². The zero-order valence-electron chi connectivity index (χ0n) is 20.3. The van der Waals surface area contributed by atoms with E-state index in [1.165, 1.54) is 30.0 Å². The van der Waals surface area contributed by atoms with E-state index in [4.69, 9.17) is 4.52 Å². The minimum atomic E-state index is -4.76. The summed E-state index contributed by atoms with van der Waals surface area (Å²) in [5.74, 6) is 0.953. The molecule has 2 heterocycles. The summed E-state index contributed by atoms with van der Waals surface area (Å²) in [5, 5.41) is 8.45. The Labute approximate surface area is 206 Å². The van der Waals surface area contributed by atoms with Crippen LogP contribution >= 0.6 is 0 Å². The van der Waals surface area contributed by atoms with Crippen LogP contribution in [0.25, 0.3) is 23.1 Å². The first-order valence-corrected chi connectivity index (χ1v) is 11.7. The van der Waals surface area contributed by atoms with Gasteiger partial charge in [0.15, 0.2) is 0 Å². The Bertz CT molecular complexity index is 1280. The molecule has 36 heavy (non-hydrogen) atoms. The van der Waals surface area contributed by atoms with Crippen LogP contribution in [0.2, 0.25) is 0 Å². The van der Waals surface area contributed by atoms with Gasteiger partial charge >= 0.3 is 6.36 Å². The van der Waals surface area contributed by atoms with Gasteiger partial charge in [-0.3, -0.25) is 0 Å². The zero-order valence-corrected chi connectivity index (χ0v) is 20.3. The number of benzene rings is 2. The summed E-state index contributed by atoms with van der Waals surface area (Å²) in [6.45, 7) is 8.72. The van der Waals surface area contributed by atoms with E-state index in [-0.39, 0.29) is 23.3 Å². The smallest absolute Gasteiger partial charge is 0.406 e. The Morgan fingerprint density at radius 2 is 1.69 bits per heavy atom. The molecule has 0 bridgehead atoms. The van der Waals surface area contributed by atoms with Crippen molar-refractivity contribution in [1.82, 2.24) is 24.9 Å². The molecule has 11 heteroatoms. The van der Waals surface area contributed by atoms with Crippen LogP contribution in [0.1, 0.15) is 38.1 Å². The molecule has 0 unspecified atom stereocenters. The van der Waals surface area contributed by atoms with Gasteiger partial charge in [-0.25, -0.2) is 9.67 Å². The first-order chi connectivity index (χ1) is 17.3. The lowest BCUT2D eigenvalue weighted by Gasteiger charge is -2.24. The van der Waals surface area contributed by atoms with Crippen molar-refractivity contribution in [3.63, 3.8) is 0 Å². The molecule has 0 amide bonds. The number of anilines is 1. The monoisotopic (exact) mass is 500 g/mol. The topological polar surface area (TPSA) is 82.1 Å². The van der Waals surface area contributed by atoms with Gasteiger partial charge in [-0.1, -0.05) is 31.1 Å². The summed E-state index contributed by atoms with van der Waals surface area (Å²) in [5.41, 5.74) is 2.75. The standard InChI is InChI=1S/C25H27F3N6O2/c1-4-13-33(14-5-2)20-8-6-7-18(15-20)16-34-17(3)29-23(31-34)24-30-22(32-36-24)19-9-11-21(12-10-19)35-25(26,27)28/h6-12,15H,4-5,13-14,16H2,1-3H3. The molecule has 0 aliphatic rings. The van der Waals surface area contributed by atoms with Gasteiger partial charge in [-0.15, -0.1) is 18.3 Å². The number of hydrogen-bond acceptors (Lipinski definition) is 7. The average molecular weight is 501 g/mol. The van der Waals surface area contributed by atoms with E-state index in [1.807, 2.05) is 13.0 Å². The molecule has 8 nitrogen and oxygen atoms in total. The maximum absolute atomic E-state index is 12.4. The highest BCUT2D eigenvalue weighted by atomic mass is 19.4. The minimum absolute atomic E-state index is 0.119. The number of nitrogens with zero attached hydrogens (tertiary/aromatic N) is 6. The van der Waals surface area contributed by atoms with Crippen molar-refractivity contribution in [3.05, 3.63) is 59.9 Å². The molecule has 0 radical (unpaired) electrons. The Morgan fingerprint density at radius 1 is 0.972 bits per heavy atom. The Kier molecular flexibility index (Phi) is 7.56. The van der Waals surface area contributed by atoms with Crippen molar-refractivity contribution in [3.8, 4) is 28.9 Å². The average Bonchev–Trinajstić information content (AvgIpc) is 3.46. The number of aromatic nitrogens is 5. The molecule has 2 aromatic carbocycles. The third-order valence-corrected chi connectivity index (χ3v) is 5.42. The highest BCUT2D eigenvalue weighted by Gasteiger charge is 2.31. The van der Waals surface area contributed by atoms with Gasteiger partial charge in [0.1, 0.15) is 11.6 Å². The highest BCUT2D eigenvalue weighted by Crippen LogP contribution is 2.26. The summed E-state index contributed by atoms with van der Waals surface area (Å²) in [6, 6.07) is 13.6. The fourth-order valence-corrected chi connectivity index (χ4v) is 3.83. The van der Waals surface area contributed by atoms with Crippen LogP contribution in [0.3, 0.4) is 0 Å². The van der Waals surface area contributed by atoms with Gasteiger partial charge < -0.3 is 14.2 Å². The molecule has 0 atom stereocenters. The predicted octanol–water partition coefficient (Wildman–Crippen LogP) is 5.88. The molecule has 0 N–H and O–H groups in total. The third kappa shape index (κ3) is 6.21. The SMILES string of the molecule is CCCN(CCC)c1cccc(Cn2nc(-c3nc(-c4ccc(OC(F)(F)F)cc4)no3)nc2C)c1. The molecule has 0 aliphatic carbocycles. The van der Waals surface area contributed by atoms with E-state index in [2.05, 4.69) is 61.9 Å². The minimum Gasteiger partial charge on any atom is -0.406 e. The molecule has 0 fully saturated rings. The Morgan fingerprint density at radius 3 is 2.36 bits per heavy atom. The second kappa shape index (κ2) is 10.8. The van der Waals surface area contributed by atoms with E-state index in [9.17, 15) is 13.2 Å². The van der Waals surface area contributed by atoms with Gasteiger partial charge in [0.2, 0.25) is 11.6 Å².